The number of hydrogen-bond acceptors (Lipinski definition) is 3. The summed E-state index contributed by atoms with van der Waals surface area (Å²) in [4.78, 5) is 10.9. The normalized spacial score (nSPS) is 14.2. The summed E-state index contributed by atoms with van der Waals surface area (Å²) >= 11 is 0. The molecule has 88 valence electrons. The van der Waals surface area contributed by atoms with Crippen molar-refractivity contribution in [2.24, 2.45) is 0 Å². The average molecular weight is 224 g/mol. The van der Waals surface area contributed by atoms with E-state index in [0.29, 0.717) is 6.42 Å². The first-order valence-electron chi connectivity index (χ1n) is 5.14. The topological polar surface area (TPSA) is 66.8 Å². The molecule has 0 spiro atoms. The minimum atomic E-state index is -1.04. The summed E-state index contributed by atoms with van der Waals surface area (Å²) < 4.78 is 5.32. The summed E-state index contributed by atoms with van der Waals surface area (Å²) in [5, 5.41) is 18.7. The van der Waals surface area contributed by atoms with E-state index in [-0.39, 0.29) is 17.9 Å². The van der Waals surface area contributed by atoms with E-state index < -0.39 is 11.6 Å². The summed E-state index contributed by atoms with van der Waals surface area (Å²) in [7, 11) is 0. The van der Waals surface area contributed by atoms with Gasteiger partial charge in [0.25, 0.3) is 0 Å². The Labute approximate surface area is 94.5 Å². The number of carbonyl (C=O) groups is 1. The molecule has 1 unspecified atom stereocenters. The van der Waals surface area contributed by atoms with Crippen LogP contribution < -0.4 is 4.74 Å². The van der Waals surface area contributed by atoms with E-state index in [1.54, 1.807) is 25.1 Å². The Bertz CT molecular complexity index is 371. The van der Waals surface area contributed by atoms with Crippen molar-refractivity contribution in [3.63, 3.8) is 0 Å². The van der Waals surface area contributed by atoms with Gasteiger partial charge in [0, 0.05) is 0 Å². The van der Waals surface area contributed by atoms with E-state index in [4.69, 9.17) is 9.84 Å². The second-order valence-electron chi connectivity index (χ2n) is 3.94. The van der Waals surface area contributed by atoms with E-state index in [2.05, 4.69) is 0 Å². The van der Waals surface area contributed by atoms with E-state index in [9.17, 15) is 9.90 Å². The zero-order chi connectivity index (χ0) is 12.2. The second kappa shape index (κ2) is 4.99. The Morgan fingerprint density at radius 3 is 2.62 bits per heavy atom. The van der Waals surface area contributed by atoms with Gasteiger partial charge in [0.15, 0.2) is 0 Å². The van der Waals surface area contributed by atoms with Crippen LogP contribution in [-0.2, 0) is 0 Å². The van der Waals surface area contributed by atoms with Crippen molar-refractivity contribution >= 4 is 5.97 Å². The third-order valence-electron chi connectivity index (χ3n) is 2.42. The molecule has 0 heterocycles. The molecule has 0 aliphatic carbocycles. The maximum atomic E-state index is 10.9. The first kappa shape index (κ1) is 12.5. The number of carboxylic acids is 1. The molecule has 0 aromatic heterocycles. The van der Waals surface area contributed by atoms with Gasteiger partial charge in [-0.15, -0.1) is 0 Å². The molecule has 16 heavy (non-hydrogen) atoms. The first-order chi connectivity index (χ1) is 7.46. The van der Waals surface area contributed by atoms with Crippen LogP contribution in [0.5, 0.6) is 5.75 Å². The lowest BCUT2D eigenvalue weighted by Gasteiger charge is -2.21. The average Bonchev–Trinajstić information content (AvgIpc) is 2.27. The smallest absolute Gasteiger partial charge is 0.339 e. The van der Waals surface area contributed by atoms with Gasteiger partial charge in [-0.1, -0.05) is 19.1 Å². The van der Waals surface area contributed by atoms with Crippen LogP contribution in [0.4, 0.5) is 0 Å². The minimum Gasteiger partial charge on any atom is -0.490 e. The Balaban J connectivity index is 2.78. The quantitative estimate of drug-likeness (QED) is 0.801. The fourth-order valence-electron chi connectivity index (χ4n) is 1.10. The van der Waals surface area contributed by atoms with Gasteiger partial charge in [-0.05, 0) is 25.5 Å². The van der Waals surface area contributed by atoms with Crippen LogP contribution in [0.3, 0.4) is 0 Å². The molecule has 2 N–H and O–H groups in total. The number of ether oxygens (including phenoxy) is 1. The largest absolute Gasteiger partial charge is 0.490 e. The predicted molar refractivity (Wildman–Crippen MR) is 59.8 cm³/mol. The molecule has 1 rings (SSSR count). The lowest BCUT2D eigenvalue weighted by atomic mass is 10.1. The molecule has 1 atom stereocenters. The molecule has 0 fully saturated rings. The Kier molecular flexibility index (Phi) is 3.90. The second-order valence-corrected chi connectivity index (χ2v) is 3.94. The summed E-state index contributed by atoms with van der Waals surface area (Å²) in [6.45, 7) is 3.57. The van der Waals surface area contributed by atoms with Crippen LogP contribution in [0, 0.1) is 0 Å². The van der Waals surface area contributed by atoms with Crippen molar-refractivity contribution < 1.29 is 19.7 Å². The van der Waals surface area contributed by atoms with Crippen molar-refractivity contribution in [2.75, 3.05) is 6.61 Å². The van der Waals surface area contributed by atoms with Crippen molar-refractivity contribution in [3.05, 3.63) is 29.8 Å². The molecule has 0 bridgehead atoms. The highest BCUT2D eigenvalue weighted by Gasteiger charge is 2.20. The maximum Gasteiger partial charge on any atom is 0.339 e. The van der Waals surface area contributed by atoms with Crippen molar-refractivity contribution in [3.8, 4) is 5.75 Å². The van der Waals surface area contributed by atoms with Gasteiger partial charge in [-0.2, -0.15) is 0 Å². The molecule has 0 aliphatic rings. The van der Waals surface area contributed by atoms with Crippen molar-refractivity contribution in [1.82, 2.24) is 0 Å². The molecule has 0 amide bonds. The summed E-state index contributed by atoms with van der Waals surface area (Å²) in [5.74, 6) is -0.754. The Hall–Kier alpha value is -1.55. The monoisotopic (exact) mass is 224 g/mol. The highest BCUT2D eigenvalue weighted by molar-refractivity contribution is 5.90. The van der Waals surface area contributed by atoms with Gasteiger partial charge >= 0.3 is 5.97 Å². The van der Waals surface area contributed by atoms with E-state index in [1.165, 1.54) is 6.07 Å². The van der Waals surface area contributed by atoms with Crippen molar-refractivity contribution in [1.29, 1.82) is 0 Å². The Morgan fingerprint density at radius 1 is 1.44 bits per heavy atom. The third kappa shape index (κ3) is 3.24. The zero-order valence-electron chi connectivity index (χ0n) is 9.43. The molecular weight excluding hydrogens is 208 g/mol. The highest BCUT2D eigenvalue weighted by atomic mass is 16.5. The van der Waals surface area contributed by atoms with Crippen LogP contribution in [0.25, 0.3) is 0 Å². The maximum absolute atomic E-state index is 10.9. The molecule has 0 saturated carbocycles. The first-order valence-corrected chi connectivity index (χ1v) is 5.14. The molecule has 0 radical (unpaired) electrons. The van der Waals surface area contributed by atoms with E-state index >= 15 is 0 Å². The van der Waals surface area contributed by atoms with Gasteiger partial charge in [-0.25, -0.2) is 4.79 Å². The van der Waals surface area contributed by atoms with Crippen LogP contribution in [0.15, 0.2) is 24.3 Å². The fraction of sp³-hybridized carbons (Fsp3) is 0.417. The van der Waals surface area contributed by atoms with Gasteiger partial charge < -0.3 is 14.9 Å². The lowest BCUT2D eigenvalue weighted by Crippen LogP contribution is -2.31. The van der Waals surface area contributed by atoms with Gasteiger partial charge in [0.2, 0.25) is 0 Å². The predicted octanol–water partition coefficient (Wildman–Crippen LogP) is 1.92. The highest BCUT2D eigenvalue weighted by Crippen LogP contribution is 2.20. The fourth-order valence-corrected chi connectivity index (χ4v) is 1.10. The number of aromatic carboxylic acids is 1. The van der Waals surface area contributed by atoms with E-state index in [0.717, 1.165) is 0 Å². The van der Waals surface area contributed by atoms with Crippen molar-refractivity contribution in [2.45, 2.75) is 25.9 Å². The summed E-state index contributed by atoms with van der Waals surface area (Å²) in [5.41, 5.74) is -0.833. The van der Waals surface area contributed by atoms with Gasteiger partial charge in [0.1, 0.15) is 17.9 Å². The van der Waals surface area contributed by atoms with Gasteiger partial charge in [0.05, 0.1) is 5.60 Å². The third-order valence-corrected chi connectivity index (χ3v) is 2.42. The zero-order valence-corrected chi connectivity index (χ0v) is 9.43. The van der Waals surface area contributed by atoms with Crippen LogP contribution in [0.2, 0.25) is 0 Å². The molecule has 0 saturated heterocycles. The molecule has 4 nitrogen and oxygen atoms in total. The number of aliphatic hydroxyl groups is 1. The number of para-hydroxylation sites is 1. The molecule has 1 aromatic carbocycles. The standard InChI is InChI=1S/C12H16O4/c1-3-12(2,15)8-16-10-7-5-4-6-9(10)11(13)14/h4-7,15H,3,8H2,1-2H3,(H,13,14). The molecular formula is C12H16O4. The molecule has 4 heteroatoms. The Morgan fingerprint density at radius 2 is 2.06 bits per heavy atom. The van der Waals surface area contributed by atoms with E-state index in [1.807, 2.05) is 6.92 Å². The molecule has 0 aliphatic heterocycles. The SMILES string of the molecule is CCC(C)(O)COc1ccccc1C(=O)O. The van der Waals surface area contributed by atoms with Crippen LogP contribution >= 0.6 is 0 Å². The number of carboxylic acid groups (broad SMARTS) is 1. The van der Waals surface area contributed by atoms with Crippen LogP contribution in [0.1, 0.15) is 30.6 Å². The summed E-state index contributed by atoms with van der Waals surface area (Å²) in [6, 6.07) is 6.38. The number of rotatable bonds is 5. The molecule has 1 aromatic rings. The number of hydrogen-bond donors (Lipinski definition) is 2. The van der Waals surface area contributed by atoms with Gasteiger partial charge in [-0.3, -0.25) is 0 Å². The van der Waals surface area contributed by atoms with Crippen LogP contribution in [-0.4, -0.2) is 28.4 Å². The number of benzene rings is 1. The minimum absolute atomic E-state index is 0.0772. The lowest BCUT2D eigenvalue weighted by molar-refractivity contribution is 0.00789. The summed E-state index contributed by atoms with van der Waals surface area (Å²) in [6.07, 6.45) is 0.544.